The molecule has 1 aliphatic heterocycles. The molecule has 2 nitrogen and oxygen atoms in total. The number of carbonyl (C=O) groups is 1. The molecule has 0 aliphatic carbocycles. The Balaban J connectivity index is 2.33. The molecule has 0 aromatic heterocycles. The number of nitrogens with one attached hydrogen (secondary N) is 1. The van der Waals surface area contributed by atoms with Crippen LogP contribution in [0.4, 0.5) is 13.2 Å². The van der Waals surface area contributed by atoms with E-state index in [0.717, 1.165) is 12.1 Å². The summed E-state index contributed by atoms with van der Waals surface area (Å²) in [5, 5.41) is 2.54. The van der Waals surface area contributed by atoms with E-state index >= 15 is 0 Å². The molecule has 1 atom stereocenters. The smallest absolute Gasteiger partial charge is 0.220 e. The van der Waals surface area contributed by atoms with Crippen molar-refractivity contribution < 1.29 is 18.0 Å². The second-order valence-corrected chi connectivity index (χ2v) is 3.50. The molecule has 0 bridgehead atoms. The van der Waals surface area contributed by atoms with Crippen molar-refractivity contribution in [3.8, 4) is 0 Å². The number of rotatable bonds is 1. The SMILES string of the molecule is O=C1C[C@H](c2cc(F)c(F)c(F)c2)CN1. The van der Waals surface area contributed by atoms with Gasteiger partial charge in [0.1, 0.15) is 0 Å². The summed E-state index contributed by atoms with van der Waals surface area (Å²) in [5.74, 6) is -4.35. The van der Waals surface area contributed by atoms with Crippen molar-refractivity contribution >= 4 is 5.91 Å². The van der Waals surface area contributed by atoms with Crippen LogP contribution in [-0.4, -0.2) is 12.5 Å². The first-order chi connectivity index (χ1) is 7.08. The Bertz CT molecular complexity index is 396. The van der Waals surface area contributed by atoms with Gasteiger partial charge < -0.3 is 5.32 Å². The van der Waals surface area contributed by atoms with Crippen LogP contribution in [0.25, 0.3) is 0 Å². The van der Waals surface area contributed by atoms with Crippen molar-refractivity contribution in [2.75, 3.05) is 6.54 Å². The minimum Gasteiger partial charge on any atom is -0.355 e. The molecule has 1 aromatic carbocycles. The zero-order valence-corrected chi connectivity index (χ0v) is 7.69. The van der Waals surface area contributed by atoms with Crippen molar-refractivity contribution in [3.05, 3.63) is 35.1 Å². The van der Waals surface area contributed by atoms with Crippen LogP contribution < -0.4 is 5.32 Å². The van der Waals surface area contributed by atoms with Crippen molar-refractivity contribution in [1.82, 2.24) is 5.32 Å². The molecule has 1 fully saturated rings. The minimum absolute atomic E-state index is 0.162. The number of benzene rings is 1. The summed E-state index contributed by atoms with van der Waals surface area (Å²) in [5.41, 5.74) is 0.310. The van der Waals surface area contributed by atoms with Crippen molar-refractivity contribution in [3.63, 3.8) is 0 Å². The highest BCUT2D eigenvalue weighted by atomic mass is 19.2. The van der Waals surface area contributed by atoms with Gasteiger partial charge in [-0.3, -0.25) is 4.79 Å². The van der Waals surface area contributed by atoms with Gasteiger partial charge in [0.2, 0.25) is 5.91 Å². The van der Waals surface area contributed by atoms with Crippen LogP contribution in [0.15, 0.2) is 12.1 Å². The monoisotopic (exact) mass is 215 g/mol. The van der Waals surface area contributed by atoms with Crippen molar-refractivity contribution in [2.45, 2.75) is 12.3 Å². The summed E-state index contributed by atoms with van der Waals surface area (Å²) in [6.07, 6.45) is 0.185. The molecule has 1 saturated heterocycles. The topological polar surface area (TPSA) is 29.1 Å². The largest absolute Gasteiger partial charge is 0.355 e. The van der Waals surface area contributed by atoms with Crippen LogP contribution in [0.5, 0.6) is 0 Å². The summed E-state index contributed by atoms with van der Waals surface area (Å²) in [7, 11) is 0. The van der Waals surface area contributed by atoms with E-state index in [2.05, 4.69) is 5.32 Å². The first-order valence-electron chi connectivity index (χ1n) is 4.49. The fraction of sp³-hybridized carbons (Fsp3) is 0.300. The van der Waals surface area contributed by atoms with Gasteiger partial charge >= 0.3 is 0 Å². The molecule has 1 heterocycles. The van der Waals surface area contributed by atoms with Gasteiger partial charge in [0.15, 0.2) is 17.5 Å². The lowest BCUT2D eigenvalue weighted by Crippen LogP contribution is -2.13. The molecule has 2 rings (SSSR count). The average Bonchev–Trinajstić information content (AvgIpc) is 2.60. The zero-order chi connectivity index (χ0) is 11.0. The van der Waals surface area contributed by atoms with Gasteiger partial charge in [-0.05, 0) is 17.7 Å². The van der Waals surface area contributed by atoms with E-state index in [-0.39, 0.29) is 18.2 Å². The van der Waals surface area contributed by atoms with E-state index in [1.807, 2.05) is 0 Å². The second kappa shape index (κ2) is 3.56. The Morgan fingerprint density at radius 1 is 1.20 bits per heavy atom. The quantitative estimate of drug-likeness (QED) is 0.710. The van der Waals surface area contributed by atoms with E-state index in [1.54, 1.807) is 0 Å². The minimum atomic E-state index is -1.48. The maximum atomic E-state index is 12.9. The average molecular weight is 215 g/mol. The predicted octanol–water partition coefficient (Wildman–Crippen LogP) is 1.71. The highest BCUT2D eigenvalue weighted by Gasteiger charge is 2.25. The Morgan fingerprint density at radius 2 is 1.80 bits per heavy atom. The first-order valence-corrected chi connectivity index (χ1v) is 4.49. The van der Waals surface area contributed by atoms with Crippen LogP contribution in [-0.2, 0) is 4.79 Å². The van der Waals surface area contributed by atoms with Crippen LogP contribution in [0.1, 0.15) is 17.9 Å². The van der Waals surface area contributed by atoms with Crippen LogP contribution in [0.3, 0.4) is 0 Å². The van der Waals surface area contributed by atoms with Crippen LogP contribution in [0, 0.1) is 17.5 Å². The third-order valence-corrected chi connectivity index (χ3v) is 2.45. The van der Waals surface area contributed by atoms with E-state index < -0.39 is 17.5 Å². The number of hydrogen-bond acceptors (Lipinski definition) is 1. The Hall–Kier alpha value is -1.52. The summed E-state index contributed by atoms with van der Waals surface area (Å²) >= 11 is 0. The van der Waals surface area contributed by atoms with E-state index in [4.69, 9.17) is 0 Å². The summed E-state index contributed by atoms with van der Waals surface area (Å²) in [4.78, 5) is 10.9. The number of halogens is 3. The second-order valence-electron chi connectivity index (χ2n) is 3.50. The van der Waals surface area contributed by atoms with E-state index in [9.17, 15) is 18.0 Å². The molecular weight excluding hydrogens is 207 g/mol. The molecule has 0 saturated carbocycles. The molecule has 0 spiro atoms. The fourth-order valence-corrected chi connectivity index (χ4v) is 1.65. The molecule has 1 aliphatic rings. The van der Waals surface area contributed by atoms with E-state index in [1.165, 1.54) is 0 Å². The highest BCUT2D eigenvalue weighted by molar-refractivity contribution is 5.79. The van der Waals surface area contributed by atoms with Gasteiger partial charge in [0.05, 0.1) is 0 Å². The van der Waals surface area contributed by atoms with Gasteiger partial charge in [-0.15, -0.1) is 0 Å². The molecule has 15 heavy (non-hydrogen) atoms. The predicted molar refractivity (Wildman–Crippen MR) is 46.7 cm³/mol. The maximum Gasteiger partial charge on any atom is 0.220 e. The molecule has 0 unspecified atom stereocenters. The lowest BCUT2D eigenvalue weighted by atomic mass is 9.98. The lowest BCUT2D eigenvalue weighted by molar-refractivity contribution is -0.119. The third-order valence-electron chi connectivity index (χ3n) is 2.45. The summed E-state index contributed by atoms with van der Waals surface area (Å²) < 4.78 is 38.4. The standard InChI is InChI=1S/C10H8F3NO/c11-7-1-5(2-8(12)10(7)13)6-3-9(15)14-4-6/h1-2,6H,3-4H2,(H,14,15)/t6-/m0/s1. The van der Waals surface area contributed by atoms with Gasteiger partial charge in [-0.25, -0.2) is 13.2 Å². The van der Waals surface area contributed by atoms with Crippen LogP contribution in [0.2, 0.25) is 0 Å². The Morgan fingerprint density at radius 3 is 2.27 bits per heavy atom. The molecule has 80 valence electrons. The molecule has 1 aromatic rings. The summed E-state index contributed by atoms with van der Waals surface area (Å²) in [6.45, 7) is 0.337. The van der Waals surface area contributed by atoms with Crippen LogP contribution >= 0.6 is 0 Å². The first kappa shape index (κ1) is 10.0. The van der Waals surface area contributed by atoms with Crippen molar-refractivity contribution in [1.29, 1.82) is 0 Å². The normalized spacial score (nSPS) is 20.5. The Kier molecular flexibility index (Phi) is 2.38. The van der Waals surface area contributed by atoms with E-state index in [0.29, 0.717) is 12.1 Å². The summed E-state index contributed by atoms with van der Waals surface area (Å²) in [6, 6.07) is 1.87. The fourth-order valence-electron chi connectivity index (χ4n) is 1.65. The number of hydrogen-bond donors (Lipinski definition) is 1. The zero-order valence-electron chi connectivity index (χ0n) is 7.69. The van der Waals surface area contributed by atoms with Gasteiger partial charge in [-0.1, -0.05) is 0 Å². The molecule has 0 radical (unpaired) electrons. The van der Waals surface area contributed by atoms with Gasteiger partial charge in [0.25, 0.3) is 0 Å². The molecule has 5 heteroatoms. The molecule has 1 N–H and O–H groups in total. The van der Waals surface area contributed by atoms with Gasteiger partial charge in [0, 0.05) is 18.9 Å². The maximum absolute atomic E-state index is 12.9. The number of carbonyl (C=O) groups excluding carboxylic acids is 1. The molecular formula is C10H8F3NO. The molecule has 1 amide bonds. The third kappa shape index (κ3) is 1.82. The number of amides is 1. The van der Waals surface area contributed by atoms with Crippen molar-refractivity contribution in [2.24, 2.45) is 0 Å². The van der Waals surface area contributed by atoms with Gasteiger partial charge in [-0.2, -0.15) is 0 Å². The lowest BCUT2D eigenvalue weighted by Gasteiger charge is -2.08. The highest BCUT2D eigenvalue weighted by Crippen LogP contribution is 2.25. The Labute approximate surface area is 84.1 Å².